The van der Waals surface area contributed by atoms with E-state index in [-0.39, 0.29) is 62.5 Å². The first-order valence-electron chi connectivity index (χ1n) is 47.5. The van der Waals surface area contributed by atoms with Gasteiger partial charge in [-0.15, -0.1) is 11.3 Å². The van der Waals surface area contributed by atoms with Crippen LogP contribution in [0.15, 0.2) is 241 Å². The molecule has 13 aromatic carbocycles. The molecule has 3 fully saturated rings. The summed E-state index contributed by atoms with van der Waals surface area (Å²) in [6.45, 7) is 37.8. The van der Waals surface area contributed by atoms with Gasteiger partial charge in [0.05, 0.1) is 32.7 Å². The molecule has 3 saturated carbocycles. The van der Waals surface area contributed by atoms with E-state index >= 15 is 0 Å². The van der Waals surface area contributed by atoms with E-state index in [0.29, 0.717) is 0 Å². The van der Waals surface area contributed by atoms with Crippen molar-refractivity contribution in [1.82, 2.24) is 0 Å². The average molecular weight is 1660 g/mol. The van der Waals surface area contributed by atoms with E-state index in [0.717, 1.165) is 63.2 Å². The molecule has 6 unspecified atom stereocenters. The molecule has 0 saturated heterocycles. The van der Waals surface area contributed by atoms with Crippen LogP contribution in [-0.2, 0) is 32.5 Å². The number of rotatable bonds is 7. The van der Waals surface area contributed by atoms with Crippen molar-refractivity contribution < 1.29 is 4.42 Å². The third-order valence-corrected chi connectivity index (χ3v) is 36.7. The fourth-order valence-corrected chi connectivity index (χ4v) is 29.3. The Kier molecular flexibility index (Phi) is 15.3. The van der Waals surface area contributed by atoms with Crippen molar-refractivity contribution in [1.29, 1.82) is 0 Å². The molecule has 0 N–H and O–H groups in total. The predicted molar refractivity (Wildman–Crippen MR) is 537 cm³/mol. The second-order valence-corrected chi connectivity index (χ2v) is 45.0. The van der Waals surface area contributed by atoms with Crippen LogP contribution in [0.5, 0.6) is 0 Å². The predicted octanol–water partition coefficient (Wildman–Crippen LogP) is 27.8. The number of thiophene rings is 1. The molecule has 7 aliphatic heterocycles. The highest BCUT2D eigenvalue weighted by molar-refractivity contribution is 7.26. The molecule has 15 aromatic rings. The van der Waals surface area contributed by atoms with E-state index in [1.54, 1.807) is 22.3 Å². The van der Waals surface area contributed by atoms with Gasteiger partial charge in [0.15, 0.2) is 5.58 Å². The first kappa shape index (κ1) is 76.1. The monoisotopic (exact) mass is 1660 g/mol. The van der Waals surface area contributed by atoms with E-state index in [1.807, 2.05) is 11.3 Å². The van der Waals surface area contributed by atoms with Gasteiger partial charge in [0.1, 0.15) is 5.58 Å². The van der Waals surface area contributed by atoms with E-state index < -0.39 is 0 Å². The number of aryl methyl sites for hydroxylation is 2. The summed E-state index contributed by atoms with van der Waals surface area (Å²) in [6.07, 6.45) is 16.9. The van der Waals surface area contributed by atoms with Crippen LogP contribution in [0.25, 0.3) is 53.2 Å². The Morgan fingerprint density at radius 2 is 0.881 bits per heavy atom. The molecule has 624 valence electrons. The van der Waals surface area contributed by atoms with Gasteiger partial charge in [0.25, 0.3) is 13.4 Å². The molecule has 0 bridgehead atoms. The number of hydrogen-bond acceptors (Lipinski definition) is 8. The molecular weight excluding hydrogens is 1550 g/mol. The van der Waals surface area contributed by atoms with Crippen molar-refractivity contribution in [3.05, 3.63) is 281 Å². The largest absolute Gasteiger partial charge is 0.454 e. The van der Waals surface area contributed by atoms with Crippen molar-refractivity contribution in [2.45, 2.75) is 243 Å². The van der Waals surface area contributed by atoms with Crippen molar-refractivity contribution in [3.63, 3.8) is 0 Å². The fourth-order valence-electron chi connectivity index (χ4n) is 28.2. The minimum atomic E-state index is -0.132. The number of hydrogen-bond donors (Lipinski definition) is 0. The van der Waals surface area contributed by atoms with Crippen LogP contribution in [0.4, 0.5) is 85.3 Å². The van der Waals surface area contributed by atoms with Gasteiger partial charge in [-0.05, 0) is 300 Å². The number of furan rings is 1. The Morgan fingerprint density at radius 3 is 1.56 bits per heavy atom. The van der Waals surface area contributed by atoms with Gasteiger partial charge in [0, 0.05) is 116 Å². The maximum Gasteiger partial charge on any atom is 0.252 e. The van der Waals surface area contributed by atoms with Gasteiger partial charge in [-0.3, -0.25) is 0 Å². The summed E-state index contributed by atoms with van der Waals surface area (Å²) in [5, 5.41) is 4.84. The Hall–Kier alpha value is -11.2. The van der Waals surface area contributed by atoms with Crippen molar-refractivity contribution in [2.24, 2.45) is 0 Å². The molecule has 11 aliphatic rings. The molecule has 7 nitrogen and oxygen atoms in total. The quantitative estimate of drug-likeness (QED) is 0.147. The Labute approximate surface area is 748 Å². The molecule has 2 aromatic heterocycles. The lowest BCUT2D eigenvalue weighted by Crippen LogP contribution is -2.64. The van der Waals surface area contributed by atoms with Crippen LogP contribution < -0.4 is 62.2 Å². The molecule has 6 atom stereocenters. The third kappa shape index (κ3) is 9.67. The minimum Gasteiger partial charge on any atom is -0.454 e. The zero-order chi connectivity index (χ0) is 85.5. The number of fused-ring (bicyclic) bond motifs is 24. The highest BCUT2D eigenvalue weighted by Gasteiger charge is 2.65. The summed E-state index contributed by atoms with van der Waals surface area (Å²) in [5.41, 5.74) is 43.1. The lowest BCUT2D eigenvalue weighted by Gasteiger charge is -2.53. The summed E-state index contributed by atoms with van der Waals surface area (Å²) in [6, 6.07) is 94.2. The van der Waals surface area contributed by atoms with Crippen molar-refractivity contribution >= 4 is 185 Å². The lowest BCUT2D eigenvalue weighted by molar-refractivity contribution is 0.194. The van der Waals surface area contributed by atoms with Gasteiger partial charge in [-0.25, -0.2) is 0 Å². The summed E-state index contributed by atoms with van der Waals surface area (Å²) in [7, 11) is 0. The smallest absolute Gasteiger partial charge is 0.252 e. The van der Waals surface area contributed by atoms with Gasteiger partial charge in [-0.2, -0.15) is 0 Å². The molecule has 0 radical (unpaired) electrons. The van der Waals surface area contributed by atoms with E-state index in [4.69, 9.17) is 4.42 Å². The maximum atomic E-state index is 7.16. The molecule has 4 aliphatic carbocycles. The van der Waals surface area contributed by atoms with Crippen molar-refractivity contribution in [3.8, 4) is 11.1 Å². The van der Waals surface area contributed by atoms with Gasteiger partial charge < -0.3 is 33.8 Å². The van der Waals surface area contributed by atoms with Crippen LogP contribution in [0.2, 0.25) is 0 Å². The summed E-state index contributed by atoms with van der Waals surface area (Å²) < 4.78 is 9.77. The first-order chi connectivity index (χ1) is 60.6. The van der Waals surface area contributed by atoms with Crippen LogP contribution in [0, 0.1) is 13.8 Å². The number of nitrogens with zero attached hydrogens (tertiary/aromatic N) is 6. The molecule has 126 heavy (non-hydrogen) atoms. The minimum absolute atomic E-state index is 0.0179. The SMILES string of the molecule is Cc1cc2c3c(c1)N1c4c(cc(C(C)(C)C)cc4C4(C)CCCCC14C)B3c1ccc(N(c3ccccc3)c3ccc(-c4ccc5sc6c(N7c8cc(N9c%10cc%11c(cc%10C%10(C)CCCCC9%10C)C(C)(C)CCC%11(C)C)ccc8B8c9cccc%10c9N(c9cc(C)cc7c98)C7(C)CCCCC%107C)cccc6c5c4)cc3)cc1N2c1cccc2c1oc1ccccc12. The summed E-state index contributed by atoms with van der Waals surface area (Å²) in [4.78, 5) is 16.6. The summed E-state index contributed by atoms with van der Waals surface area (Å²) in [5.74, 6) is 0. The molecule has 10 heteroatoms. The lowest BCUT2D eigenvalue weighted by atomic mass is 9.33. The van der Waals surface area contributed by atoms with E-state index in [9.17, 15) is 0 Å². The maximum absolute atomic E-state index is 7.16. The van der Waals surface area contributed by atoms with Gasteiger partial charge in [-0.1, -0.05) is 235 Å². The molecule has 0 amide bonds. The van der Waals surface area contributed by atoms with Crippen LogP contribution in [0.1, 0.15) is 224 Å². The number of anilines is 15. The highest BCUT2D eigenvalue weighted by Crippen LogP contribution is 2.68. The first-order valence-corrected chi connectivity index (χ1v) is 48.3. The summed E-state index contributed by atoms with van der Waals surface area (Å²) >= 11 is 1.96. The molecule has 0 spiro atoms. The third-order valence-electron chi connectivity index (χ3n) is 35.5. The van der Waals surface area contributed by atoms with Crippen LogP contribution in [-0.4, -0.2) is 30.0 Å². The normalized spacial score (nSPS) is 24.4. The van der Waals surface area contributed by atoms with Crippen molar-refractivity contribution in [2.75, 3.05) is 29.4 Å². The van der Waals surface area contributed by atoms with E-state index in [1.165, 1.54) is 220 Å². The number of para-hydroxylation sites is 4. The molecule has 26 rings (SSSR count). The average Bonchev–Trinajstić information content (AvgIpc) is 1.49. The Balaban J connectivity index is 0.626. The Morgan fingerprint density at radius 1 is 0.349 bits per heavy atom. The van der Waals surface area contributed by atoms with E-state index in [2.05, 4.69) is 370 Å². The van der Waals surface area contributed by atoms with Crippen LogP contribution >= 0.6 is 11.3 Å². The topological polar surface area (TPSA) is 32.6 Å². The second-order valence-electron chi connectivity index (χ2n) is 44.0. The molecule has 9 heterocycles. The standard InChI is InChI=1S/C116H112B2N6OS/c1-69-58-96-103-99(61-69)124-105-86(113(12)52-23-26-55-116(113,124)15)63-73(108(3,4)5)64-90(105)118(103)88-47-45-76(65-94(88)120(96)91-37-27-33-79-78-32-19-20-39-100(78)125-106(79)91)119(74-30-17-16-18-31-74)75-43-40-71(41-44-75)72-42-49-101-81(62-72)80-34-28-38-92(107(80)126-101)121-95-66-77(122-93-68-84-83(109(6,7)56-57-110(84,8)9)67-85(93)112(11)51-22-24-53-114(112,122)13)46-48-87(95)117-89-36-29-35-82-104(89)123(98-60-70(2)59-97(121)102(98)117)115(14)54-25-21-50-111(82,115)10/h16-20,27-49,58-68H,21-26,50-57H2,1-15H3. The van der Waals surface area contributed by atoms with Gasteiger partial charge in [0.2, 0.25) is 0 Å². The number of benzene rings is 13. The van der Waals surface area contributed by atoms with Crippen LogP contribution in [0.3, 0.4) is 0 Å². The van der Waals surface area contributed by atoms with Gasteiger partial charge >= 0.3 is 0 Å². The zero-order valence-electron chi connectivity index (χ0n) is 76.1. The second kappa shape index (κ2) is 25.4. The Bertz CT molecular complexity index is 7330. The zero-order valence-corrected chi connectivity index (χ0v) is 76.9. The molecular formula is C116H112B2N6OS. The highest BCUT2D eigenvalue weighted by atomic mass is 32.1. The fraction of sp³-hybridized carbons (Fsp3) is 0.328.